The lowest BCUT2D eigenvalue weighted by Crippen LogP contribution is -2.34. The molecular formula is C25H26N4O2S. The molecule has 2 aromatic carbocycles. The fourth-order valence-corrected chi connectivity index (χ4v) is 5.16. The minimum Gasteiger partial charge on any atom is -0.440 e. The number of anilines is 2. The first kappa shape index (κ1) is 20.8. The number of likely N-dealkylation sites (tertiary alicyclic amines) is 1. The summed E-state index contributed by atoms with van der Waals surface area (Å²) >= 11 is 1.51. The summed E-state index contributed by atoms with van der Waals surface area (Å²) < 4.78 is 6.03. The van der Waals surface area contributed by atoms with Crippen molar-refractivity contribution in [3.8, 4) is 0 Å². The number of hydrogen-bond acceptors (Lipinski definition) is 6. The molecule has 1 aliphatic rings. The second-order valence-corrected chi connectivity index (χ2v) is 9.24. The number of hydrogen-bond donors (Lipinski definition) is 0. The summed E-state index contributed by atoms with van der Waals surface area (Å²) in [7, 11) is 0. The standard InChI is InChI=1S/C25H26N4O2S/c1-17-9-11-21(12-10-17)29(18(2)30)25-26-20(16-32-25)15-28-13-5-6-19(14-28)24-27-22-7-3-4-8-23(22)31-24/h3-4,7-12,16,19H,5-6,13-15H2,1-2H3. The van der Waals surface area contributed by atoms with Gasteiger partial charge in [-0.05, 0) is 50.6 Å². The zero-order valence-electron chi connectivity index (χ0n) is 18.3. The molecule has 4 aromatic rings. The first-order chi connectivity index (χ1) is 15.6. The van der Waals surface area contributed by atoms with Crippen LogP contribution in [-0.4, -0.2) is 33.9 Å². The Hall–Kier alpha value is -3.03. The molecule has 2 aromatic heterocycles. The van der Waals surface area contributed by atoms with Crippen LogP contribution in [0.4, 0.5) is 10.8 Å². The molecular weight excluding hydrogens is 420 g/mol. The van der Waals surface area contributed by atoms with Crippen molar-refractivity contribution in [3.05, 3.63) is 71.1 Å². The molecule has 32 heavy (non-hydrogen) atoms. The third-order valence-electron chi connectivity index (χ3n) is 5.89. The van der Waals surface area contributed by atoms with Crippen LogP contribution in [0, 0.1) is 6.92 Å². The molecule has 0 N–H and O–H groups in total. The quantitative estimate of drug-likeness (QED) is 0.396. The van der Waals surface area contributed by atoms with Gasteiger partial charge in [-0.25, -0.2) is 9.97 Å². The first-order valence-corrected chi connectivity index (χ1v) is 11.8. The number of thiazole rings is 1. The summed E-state index contributed by atoms with van der Waals surface area (Å²) in [5, 5.41) is 2.77. The largest absolute Gasteiger partial charge is 0.440 e. The van der Waals surface area contributed by atoms with Crippen LogP contribution in [0.25, 0.3) is 11.1 Å². The summed E-state index contributed by atoms with van der Waals surface area (Å²) in [5.74, 6) is 1.08. The highest BCUT2D eigenvalue weighted by Crippen LogP contribution is 2.32. The Bertz CT molecular complexity index is 1200. The predicted octanol–water partition coefficient (Wildman–Crippen LogP) is 5.66. The van der Waals surface area contributed by atoms with Gasteiger partial charge in [-0.1, -0.05) is 29.8 Å². The molecule has 5 rings (SSSR count). The van der Waals surface area contributed by atoms with Crippen LogP contribution in [0.15, 0.2) is 58.3 Å². The van der Waals surface area contributed by atoms with Gasteiger partial charge in [-0.15, -0.1) is 11.3 Å². The number of aromatic nitrogens is 2. The topological polar surface area (TPSA) is 62.5 Å². The Labute approximate surface area is 191 Å². The maximum Gasteiger partial charge on any atom is 0.230 e. The monoisotopic (exact) mass is 446 g/mol. The Balaban J connectivity index is 1.30. The van der Waals surface area contributed by atoms with Gasteiger partial charge in [-0.3, -0.25) is 14.6 Å². The van der Waals surface area contributed by atoms with E-state index in [0.29, 0.717) is 5.13 Å². The van der Waals surface area contributed by atoms with Gasteiger partial charge in [0.05, 0.1) is 11.4 Å². The number of aryl methyl sites for hydroxylation is 1. The lowest BCUT2D eigenvalue weighted by Gasteiger charge is -2.30. The third kappa shape index (κ3) is 4.31. The molecule has 1 aliphatic heterocycles. The zero-order valence-corrected chi connectivity index (χ0v) is 19.1. The fraction of sp³-hybridized carbons (Fsp3) is 0.320. The van der Waals surface area contributed by atoms with Crippen molar-refractivity contribution in [2.75, 3.05) is 18.0 Å². The van der Waals surface area contributed by atoms with Gasteiger partial charge < -0.3 is 4.42 Å². The van der Waals surface area contributed by atoms with Gasteiger partial charge >= 0.3 is 0 Å². The molecule has 0 saturated carbocycles. The number of benzene rings is 2. The summed E-state index contributed by atoms with van der Waals surface area (Å²) in [4.78, 5) is 26.0. The van der Waals surface area contributed by atoms with Gasteiger partial charge in [0.15, 0.2) is 16.6 Å². The van der Waals surface area contributed by atoms with Crippen molar-refractivity contribution in [1.82, 2.24) is 14.9 Å². The van der Waals surface area contributed by atoms with E-state index in [2.05, 4.69) is 10.3 Å². The molecule has 6 nitrogen and oxygen atoms in total. The number of oxazole rings is 1. The van der Waals surface area contributed by atoms with E-state index in [1.807, 2.05) is 55.5 Å². The molecule has 1 atom stereocenters. The Morgan fingerprint density at radius 3 is 2.78 bits per heavy atom. The number of nitrogens with zero attached hydrogens (tertiary/aromatic N) is 4. The second kappa shape index (κ2) is 8.84. The van der Waals surface area contributed by atoms with Crippen molar-refractivity contribution in [2.45, 2.75) is 39.2 Å². The molecule has 0 bridgehead atoms. The smallest absolute Gasteiger partial charge is 0.230 e. The number of rotatable bonds is 5. The highest BCUT2D eigenvalue weighted by molar-refractivity contribution is 7.14. The van der Waals surface area contributed by atoms with Crippen LogP contribution in [-0.2, 0) is 11.3 Å². The average Bonchev–Trinajstić information content (AvgIpc) is 3.42. The number of para-hydroxylation sites is 2. The van der Waals surface area contributed by atoms with Crippen LogP contribution in [0.1, 0.15) is 42.8 Å². The van der Waals surface area contributed by atoms with Crippen LogP contribution < -0.4 is 4.90 Å². The summed E-state index contributed by atoms with van der Waals surface area (Å²) in [5.41, 5.74) is 4.77. The van der Waals surface area contributed by atoms with E-state index in [0.717, 1.165) is 66.4 Å². The molecule has 1 unspecified atom stereocenters. The van der Waals surface area contributed by atoms with Crippen LogP contribution in [0.2, 0.25) is 0 Å². The molecule has 1 saturated heterocycles. The van der Waals surface area contributed by atoms with Crippen molar-refractivity contribution >= 4 is 39.2 Å². The van der Waals surface area contributed by atoms with Gasteiger partial charge in [0, 0.05) is 31.3 Å². The number of fused-ring (bicyclic) bond motifs is 1. The highest BCUT2D eigenvalue weighted by Gasteiger charge is 2.26. The summed E-state index contributed by atoms with van der Waals surface area (Å²) in [6.45, 7) is 6.30. The van der Waals surface area contributed by atoms with Gasteiger partial charge in [0.2, 0.25) is 5.91 Å². The van der Waals surface area contributed by atoms with E-state index in [9.17, 15) is 4.79 Å². The SMILES string of the molecule is CC(=O)N(c1ccc(C)cc1)c1nc(CN2CCCC(c3nc4ccccc4o3)C2)cs1. The van der Waals surface area contributed by atoms with E-state index in [1.54, 1.807) is 11.8 Å². The van der Waals surface area contributed by atoms with Crippen LogP contribution in [0.5, 0.6) is 0 Å². The van der Waals surface area contributed by atoms with Crippen molar-refractivity contribution < 1.29 is 9.21 Å². The number of piperidine rings is 1. The maximum absolute atomic E-state index is 12.4. The maximum atomic E-state index is 12.4. The zero-order chi connectivity index (χ0) is 22.1. The van der Waals surface area contributed by atoms with E-state index >= 15 is 0 Å². The lowest BCUT2D eigenvalue weighted by molar-refractivity contribution is -0.115. The van der Waals surface area contributed by atoms with Gasteiger partial charge in [-0.2, -0.15) is 0 Å². The summed E-state index contributed by atoms with van der Waals surface area (Å²) in [6.07, 6.45) is 2.18. The first-order valence-electron chi connectivity index (χ1n) is 11.0. The van der Waals surface area contributed by atoms with Crippen molar-refractivity contribution in [3.63, 3.8) is 0 Å². The van der Waals surface area contributed by atoms with Gasteiger partial charge in [0.1, 0.15) is 5.52 Å². The fourth-order valence-electron chi connectivity index (χ4n) is 4.29. The molecule has 164 valence electrons. The van der Waals surface area contributed by atoms with Crippen molar-refractivity contribution in [2.24, 2.45) is 0 Å². The second-order valence-electron chi connectivity index (χ2n) is 8.41. The van der Waals surface area contributed by atoms with E-state index in [4.69, 9.17) is 14.4 Å². The predicted molar refractivity (Wildman–Crippen MR) is 127 cm³/mol. The summed E-state index contributed by atoms with van der Waals surface area (Å²) in [6, 6.07) is 15.9. The normalized spacial score (nSPS) is 17.0. The molecule has 0 aliphatic carbocycles. The Kier molecular flexibility index (Phi) is 5.76. The minimum absolute atomic E-state index is 0.0382. The molecule has 0 spiro atoms. The van der Waals surface area contributed by atoms with Gasteiger partial charge in [0.25, 0.3) is 0 Å². The molecule has 3 heterocycles. The Morgan fingerprint density at radius 1 is 1.19 bits per heavy atom. The third-order valence-corrected chi connectivity index (χ3v) is 6.76. The van der Waals surface area contributed by atoms with E-state index < -0.39 is 0 Å². The lowest BCUT2D eigenvalue weighted by atomic mass is 9.98. The Morgan fingerprint density at radius 2 is 2.00 bits per heavy atom. The van der Waals surface area contributed by atoms with Crippen LogP contribution >= 0.6 is 11.3 Å². The number of carbonyl (C=O) groups is 1. The number of amides is 1. The van der Waals surface area contributed by atoms with Crippen molar-refractivity contribution in [1.29, 1.82) is 0 Å². The highest BCUT2D eigenvalue weighted by atomic mass is 32.1. The molecule has 7 heteroatoms. The van der Waals surface area contributed by atoms with E-state index in [-0.39, 0.29) is 11.8 Å². The molecule has 1 fully saturated rings. The molecule has 0 radical (unpaired) electrons. The average molecular weight is 447 g/mol. The number of carbonyl (C=O) groups excluding carboxylic acids is 1. The van der Waals surface area contributed by atoms with E-state index in [1.165, 1.54) is 11.3 Å². The van der Waals surface area contributed by atoms with Crippen LogP contribution in [0.3, 0.4) is 0 Å². The minimum atomic E-state index is -0.0382. The molecule has 1 amide bonds.